The van der Waals surface area contributed by atoms with E-state index < -0.39 is 0 Å². The normalized spacial score (nSPS) is 13.4. The number of amides is 1. The zero-order valence-corrected chi connectivity index (χ0v) is 13.1. The summed E-state index contributed by atoms with van der Waals surface area (Å²) in [6, 6.07) is 13.3. The minimum absolute atomic E-state index is 0.0439. The summed E-state index contributed by atoms with van der Waals surface area (Å²) in [6.07, 6.45) is 0.740. The van der Waals surface area contributed by atoms with Gasteiger partial charge in [-0.05, 0) is 37.6 Å². The standard InChI is InChI=1S/C18H20N2O3/c1-13-3-6-15(7-4-13)22-10-2-9-20-16-8-5-14(19)11-17(16)23-12-18(20)21/h3-8,11H,2,9-10,12,19H2,1H3. The monoisotopic (exact) mass is 312 g/mol. The van der Waals surface area contributed by atoms with Gasteiger partial charge in [-0.15, -0.1) is 0 Å². The van der Waals surface area contributed by atoms with Crippen molar-refractivity contribution in [3.63, 3.8) is 0 Å². The maximum atomic E-state index is 12.1. The Labute approximate surface area is 135 Å². The van der Waals surface area contributed by atoms with Gasteiger partial charge >= 0.3 is 0 Å². The van der Waals surface area contributed by atoms with E-state index in [1.54, 1.807) is 17.0 Å². The molecule has 0 fully saturated rings. The smallest absolute Gasteiger partial charge is 0.265 e. The molecule has 5 nitrogen and oxygen atoms in total. The van der Waals surface area contributed by atoms with Crippen LogP contribution in [0.15, 0.2) is 42.5 Å². The van der Waals surface area contributed by atoms with Gasteiger partial charge in [-0.1, -0.05) is 17.7 Å². The molecule has 23 heavy (non-hydrogen) atoms. The van der Waals surface area contributed by atoms with Crippen molar-refractivity contribution in [2.45, 2.75) is 13.3 Å². The molecule has 0 unspecified atom stereocenters. The highest BCUT2D eigenvalue weighted by molar-refractivity contribution is 5.98. The largest absolute Gasteiger partial charge is 0.494 e. The molecule has 0 saturated heterocycles. The molecule has 120 valence electrons. The van der Waals surface area contributed by atoms with Crippen LogP contribution in [0.2, 0.25) is 0 Å². The van der Waals surface area contributed by atoms with Crippen LogP contribution in [0.5, 0.6) is 11.5 Å². The van der Waals surface area contributed by atoms with Crippen LogP contribution in [0.1, 0.15) is 12.0 Å². The molecule has 0 radical (unpaired) electrons. The molecule has 1 heterocycles. The second-order valence-electron chi connectivity index (χ2n) is 5.58. The average Bonchev–Trinajstić information content (AvgIpc) is 2.55. The van der Waals surface area contributed by atoms with E-state index in [9.17, 15) is 4.79 Å². The molecule has 2 N–H and O–H groups in total. The number of nitrogens with two attached hydrogens (primary N) is 1. The highest BCUT2D eigenvalue weighted by Gasteiger charge is 2.25. The maximum Gasteiger partial charge on any atom is 0.265 e. The highest BCUT2D eigenvalue weighted by Crippen LogP contribution is 2.33. The number of nitrogens with zero attached hydrogens (tertiary/aromatic N) is 1. The lowest BCUT2D eigenvalue weighted by atomic mass is 10.2. The lowest BCUT2D eigenvalue weighted by molar-refractivity contribution is -0.121. The van der Waals surface area contributed by atoms with E-state index in [1.165, 1.54) is 5.56 Å². The quantitative estimate of drug-likeness (QED) is 0.681. The van der Waals surface area contributed by atoms with Gasteiger partial charge in [0.1, 0.15) is 11.5 Å². The first-order chi connectivity index (χ1) is 11.1. The third-order valence-electron chi connectivity index (χ3n) is 3.74. The minimum atomic E-state index is -0.0439. The Kier molecular flexibility index (Phi) is 4.37. The van der Waals surface area contributed by atoms with Gasteiger partial charge in [0.05, 0.1) is 12.3 Å². The fraction of sp³-hybridized carbons (Fsp3) is 0.278. The van der Waals surface area contributed by atoms with Gasteiger partial charge in [0.25, 0.3) is 5.91 Å². The summed E-state index contributed by atoms with van der Waals surface area (Å²) < 4.78 is 11.1. The molecule has 3 rings (SSSR count). The summed E-state index contributed by atoms with van der Waals surface area (Å²) in [5.74, 6) is 1.46. The number of aryl methyl sites for hydroxylation is 1. The van der Waals surface area contributed by atoms with Crippen molar-refractivity contribution in [2.75, 3.05) is 30.4 Å². The van der Waals surface area contributed by atoms with Crippen LogP contribution in [-0.4, -0.2) is 25.7 Å². The van der Waals surface area contributed by atoms with Gasteiger partial charge in [0.15, 0.2) is 6.61 Å². The summed E-state index contributed by atoms with van der Waals surface area (Å²) in [4.78, 5) is 13.8. The Hall–Kier alpha value is -2.69. The van der Waals surface area contributed by atoms with Crippen molar-refractivity contribution < 1.29 is 14.3 Å². The molecular weight excluding hydrogens is 292 g/mol. The summed E-state index contributed by atoms with van der Waals surface area (Å²) in [7, 11) is 0. The van der Waals surface area contributed by atoms with E-state index in [1.807, 2.05) is 37.3 Å². The topological polar surface area (TPSA) is 64.8 Å². The molecule has 0 saturated carbocycles. The van der Waals surface area contributed by atoms with E-state index in [-0.39, 0.29) is 12.5 Å². The number of rotatable bonds is 5. The summed E-state index contributed by atoms with van der Waals surface area (Å²) in [5, 5.41) is 0. The van der Waals surface area contributed by atoms with E-state index in [2.05, 4.69) is 0 Å². The van der Waals surface area contributed by atoms with Gasteiger partial charge in [-0.3, -0.25) is 4.79 Å². The lowest BCUT2D eigenvalue weighted by Crippen LogP contribution is -2.39. The van der Waals surface area contributed by atoms with Crippen LogP contribution in [0, 0.1) is 6.92 Å². The SMILES string of the molecule is Cc1ccc(OCCCN2C(=O)COc3cc(N)ccc32)cc1. The third kappa shape index (κ3) is 3.56. The van der Waals surface area contributed by atoms with E-state index in [0.29, 0.717) is 24.6 Å². The predicted octanol–water partition coefficient (Wildman–Crippen LogP) is 2.77. The number of carbonyl (C=O) groups excluding carboxylic acids is 1. The molecule has 2 aromatic carbocycles. The highest BCUT2D eigenvalue weighted by atomic mass is 16.5. The van der Waals surface area contributed by atoms with Crippen molar-refractivity contribution in [1.29, 1.82) is 0 Å². The van der Waals surface area contributed by atoms with E-state index in [0.717, 1.165) is 17.9 Å². The zero-order chi connectivity index (χ0) is 16.2. The Bertz CT molecular complexity index is 698. The Morgan fingerprint density at radius 1 is 1.22 bits per heavy atom. The first kappa shape index (κ1) is 15.2. The Balaban J connectivity index is 1.57. The number of hydrogen-bond acceptors (Lipinski definition) is 4. The van der Waals surface area contributed by atoms with Crippen LogP contribution < -0.4 is 20.1 Å². The molecule has 1 aliphatic rings. The van der Waals surface area contributed by atoms with Crippen molar-refractivity contribution in [2.24, 2.45) is 0 Å². The second-order valence-corrected chi connectivity index (χ2v) is 5.58. The lowest BCUT2D eigenvalue weighted by Gasteiger charge is -2.29. The Morgan fingerprint density at radius 3 is 2.78 bits per heavy atom. The number of nitrogen functional groups attached to an aromatic ring is 1. The summed E-state index contributed by atoms with van der Waals surface area (Å²) >= 11 is 0. The first-order valence-corrected chi connectivity index (χ1v) is 7.65. The van der Waals surface area contributed by atoms with Gasteiger partial charge in [0.2, 0.25) is 0 Å². The minimum Gasteiger partial charge on any atom is -0.494 e. The van der Waals surface area contributed by atoms with Gasteiger partial charge < -0.3 is 20.1 Å². The first-order valence-electron chi connectivity index (χ1n) is 7.65. The second kappa shape index (κ2) is 6.60. The fourth-order valence-electron chi connectivity index (χ4n) is 2.51. The van der Waals surface area contributed by atoms with Crippen LogP contribution in [0.3, 0.4) is 0 Å². The summed E-state index contributed by atoms with van der Waals surface area (Å²) in [6.45, 7) is 3.23. The molecule has 0 aliphatic carbocycles. The molecule has 1 amide bonds. The number of anilines is 2. The average molecular weight is 312 g/mol. The molecule has 0 aromatic heterocycles. The van der Waals surface area contributed by atoms with Crippen molar-refractivity contribution in [3.05, 3.63) is 48.0 Å². The molecule has 0 atom stereocenters. The van der Waals surface area contributed by atoms with Crippen LogP contribution >= 0.6 is 0 Å². The van der Waals surface area contributed by atoms with Crippen LogP contribution in [0.4, 0.5) is 11.4 Å². The van der Waals surface area contributed by atoms with Gasteiger partial charge in [-0.2, -0.15) is 0 Å². The van der Waals surface area contributed by atoms with Gasteiger partial charge in [0, 0.05) is 18.3 Å². The van der Waals surface area contributed by atoms with Gasteiger partial charge in [-0.25, -0.2) is 0 Å². The number of ether oxygens (including phenoxy) is 2. The number of hydrogen-bond donors (Lipinski definition) is 1. The number of benzene rings is 2. The van der Waals surface area contributed by atoms with Crippen molar-refractivity contribution in [1.82, 2.24) is 0 Å². The molecule has 2 aromatic rings. The third-order valence-corrected chi connectivity index (χ3v) is 3.74. The van der Waals surface area contributed by atoms with E-state index in [4.69, 9.17) is 15.2 Å². The Morgan fingerprint density at radius 2 is 2.00 bits per heavy atom. The predicted molar refractivity (Wildman–Crippen MR) is 90.0 cm³/mol. The number of fused-ring (bicyclic) bond motifs is 1. The molecule has 5 heteroatoms. The zero-order valence-electron chi connectivity index (χ0n) is 13.1. The van der Waals surface area contributed by atoms with Crippen molar-refractivity contribution in [3.8, 4) is 11.5 Å². The van der Waals surface area contributed by atoms with Crippen LogP contribution in [0.25, 0.3) is 0 Å². The maximum absolute atomic E-state index is 12.1. The molecular formula is C18H20N2O3. The van der Waals surface area contributed by atoms with Crippen LogP contribution in [-0.2, 0) is 4.79 Å². The van der Waals surface area contributed by atoms with E-state index >= 15 is 0 Å². The van der Waals surface area contributed by atoms with Crippen molar-refractivity contribution >= 4 is 17.3 Å². The summed E-state index contributed by atoms with van der Waals surface area (Å²) in [5.41, 5.74) is 8.35. The molecule has 0 spiro atoms. The molecule has 0 bridgehead atoms. The molecule has 1 aliphatic heterocycles. The fourth-order valence-corrected chi connectivity index (χ4v) is 2.51. The number of carbonyl (C=O) groups is 1.